The van der Waals surface area contributed by atoms with Crippen LogP contribution in [0.2, 0.25) is 0 Å². The maximum absolute atomic E-state index is 12.5. The van der Waals surface area contributed by atoms with E-state index in [4.69, 9.17) is 5.14 Å². The van der Waals surface area contributed by atoms with Gasteiger partial charge in [-0.05, 0) is 44.5 Å². The first-order valence-corrected chi connectivity index (χ1v) is 9.98. The standard InChI is InChI=1S/C18H21N5O3S/c1-11(2)23-17-14(10-21-23)8-15(9-20-17)18(24)22-12(3)13-4-6-16(7-5-13)27(19,25)26/h4-12H,1-3H3,(H,22,24)(H2,19,25,26)/t12-/m1/s1. The third-order valence-corrected chi connectivity index (χ3v) is 5.17. The lowest BCUT2D eigenvalue weighted by Gasteiger charge is -2.15. The molecule has 3 aromatic rings. The van der Waals surface area contributed by atoms with Gasteiger partial charge in [0.25, 0.3) is 5.91 Å². The Morgan fingerprint density at radius 3 is 2.41 bits per heavy atom. The Morgan fingerprint density at radius 2 is 1.81 bits per heavy atom. The van der Waals surface area contributed by atoms with E-state index in [1.54, 1.807) is 29.1 Å². The average molecular weight is 387 g/mol. The molecule has 0 unspecified atom stereocenters. The highest BCUT2D eigenvalue weighted by Gasteiger charge is 2.15. The SMILES string of the molecule is CC(C)n1ncc2cc(C(=O)N[C@H](C)c3ccc(S(N)(=O)=O)cc3)cnc21. The number of hydrogen-bond donors (Lipinski definition) is 2. The summed E-state index contributed by atoms with van der Waals surface area (Å²) in [4.78, 5) is 16.9. The summed E-state index contributed by atoms with van der Waals surface area (Å²) >= 11 is 0. The lowest BCUT2D eigenvalue weighted by atomic mass is 10.1. The molecule has 0 radical (unpaired) electrons. The monoisotopic (exact) mass is 387 g/mol. The van der Waals surface area contributed by atoms with Crippen LogP contribution in [0.4, 0.5) is 0 Å². The molecule has 142 valence electrons. The fourth-order valence-electron chi connectivity index (χ4n) is 2.75. The molecule has 0 fully saturated rings. The molecule has 1 atom stereocenters. The van der Waals surface area contributed by atoms with Crippen molar-refractivity contribution in [1.29, 1.82) is 0 Å². The number of benzene rings is 1. The summed E-state index contributed by atoms with van der Waals surface area (Å²) in [6.07, 6.45) is 3.21. The average Bonchev–Trinajstić information content (AvgIpc) is 3.04. The van der Waals surface area contributed by atoms with Crippen LogP contribution in [-0.2, 0) is 10.0 Å². The number of carbonyl (C=O) groups is 1. The van der Waals surface area contributed by atoms with Gasteiger partial charge in [0, 0.05) is 17.6 Å². The summed E-state index contributed by atoms with van der Waals surface area (Å²) in [7, 11) is -3.74. The number of fused-ring (bicyclic) bond motifs is 1. The van der Waals surface area contributed by atoms with Crippen LogP contribution in [0.1, 0.15) is 48.8 Å². The van der Waals surface area contributed by atoms with Crippen molar-refractivity contribution < 1.29 is 13.2 Å². The van der Waals surface area contributed by atoms with Gasteiger partial charge >= 0.3 is 0 Å². The summed E-state index contributed by atoms with van der Waals surface area (Å²) < 4.78 is 24.4. The van der Waals surface area contributed by atoms with Crippen LogP contribution in [0.3, 0.4) is 0 Å². The molecular formula is C18H21N5O3S. The lowest BCUT2D eigenvalue weighted by Crippen LogP contribution is -2.26. The lowest BCUT2D eigenvalue weighted by molar-refractivity contribution is 0.0939. The number of carbonyl (C=O) groups excluding carboxylic acids is 1. The van der Waals surface area contributed by atoms with Gasteiger partial charge in [-0.1, -0.05) is 12.1 Å². The molecule has 1 amide bonds. The van der Waals surface area contributed by atoms with Crippen molar-refractivity contribution >= 4 is 27.0 Å². The van der Waals surface area contributed by atoms with Crippen LogP contribution in [0.25, 0.3) is 11.0 Å². The van der Waals surface area contributed by atoms with E-state index in [0.717, 1.165) is 16.6 Å². The Hall–Kier alpha value is -2.78. The van der Waals surface area contributed by atoms with E-state index in [9.17, 15) is 13.2 Å². The normalized spacial score (nSPS) is 13.1. The number of primary sulfonamides is 1. The molecule has 0 aliphatic heterocycles. The predicted molar refractivity (Wildman–Crippen MR) is 102 cm³/mol. The molecule has 1 aromatic carbocycles. The quantitative estimate of drug-likeness (QED) is 0.695. The van der Waals surface area contributed by atoms with Gasteiger partial charge in [-0.25, -0.2) is 23.2 Å². The molecule has 27 heavy (non-hydrogen) atoms. The number of hydrogen-bond acceptors (Lipinski definition) is 5. The molecule has 2 heterocycles. The van der Waals surface area contributed by atoms with Gasteiger partial charge in [0.15, 0.2) is 5.65 Å². The number of nitrogens with zero attached hydrogens (tertiary/aromatic N) is 3. The van der Waals surface area contributed by atoms with Crippen molar-refractivity contribution in [3.05, 3.63) is 53.9 Å². The van der Waals surface area contributed by atoms with Crippen LogP contribution in [0.5, 0.6) is 0 Å². The summed E-state index contributed by atoms with van der Waals surface area (Å²) in [6, 6.07) is 7.69. The minimum atomic E-state index is -3.74. The van der Waals surface area contributed by atoms with Gasteiger partial charge in [0.2, 0.25) is 10.0 Å². The van der Waals surface area contributed by atoms with Gasteiger partial charge in [-0.2, -0.15) is 5.10 Å². The summed E-state index contributed by atoms with van der Waals surface area (Å²) in [5.74, 6) is -0.273. The number of sulfonamides is 1. The number of pyridine rings is 1. The smallest absolute Gasteiger partial charge is 0.253 e. The molecule has 3 rings (SSSR count). The summed E-state index contributed by atoms with van der Waals surface area (Å²) in [6.45, 7) is 5.84. The zero-order chi connectivity index (χ0) is 19.8. The van der Waals surface area contributed by atoms with E-state index in [1.807, 2.05) is 20.8 Å². The van der Waals surface area contributed by atoms with Gasteiger partial charge in [0.05, 0.1) is 22.7 Å². The van der Waals surface area contributed by atoms with Crippen molar-refractivity contribution in [3.8, 4) is 0 Å². The zero-order valence-electron chi connectivity index (χ0n) is 15.2. The van der Waals surface area contributed by atoms with Gasteiger partial charge < -0.3 is 5.32 Å². The van der Waals surface area contributed by atoms with Crippen molar-refractivity contribution in [3.63, 3.8) is 0 Å². The fraction of sp³-hybridized carbons (Fsp3) is 0.278. The van der Waals surface area contributed by atoms with E-state index < -0.39 is 10.0 Å². The third kappa shape index (κ3) is 3.99. The van der Waals surface area contributed by atoms with E-state index in [2.05, 4.69) is 15.4 Å². The van der Waals surface area contributed by atoms with E-state index in [0.29, 0.717) is 5.56 Å². The first-order valence-electron chi connectivity index (χ1n) is 8.43. The molecule has 0 saturated heterocycles. The van der Waals surface area contributed by atoms with Gasteiger partial charge in [0.1, 0.15) is 0 Å². The second-order valence-corrected chi connectivity index (χ2v) is 8.19. The van der Waals surface area contributed by atoms with Crippen molar-refractivity contribution in [2.24, 2.45) is 5.14 Å². The highest BCUT2D eigenvalue weighted by molar-refractivity contribution is 7.89. The predicted octanol–water partition coefficient (Wildman–Crippen LogP) is 2.15. The van der Waals surface area contributed by atoms with Crippen LogP contribution >= 0.6 is 0 Å². The Morgan fingerprint density at radius 1 is 1.15 bits per heavy atom. The van der Waals surface area contributed by atoms with Crippen molar-refractivity contribution in [2.75, 3.05) is 0 Å². The molecule has 0 spiro atoms. The molecule has 2 aromatic heterocycles. The summed E-state index contributed by atoms with van der Waals surface area (Å²) in [5, 5.41) is 13.1. The first-order chi connectivity index (χ1) is 12.7. The minimum Gasteiger partial charge on any atom is -0.345 e. The minimum absolute atomic E-state index is 0.0293. The Bertz CT molecular complexity index is 1090. The molecular weight excluding hydrogens is 366 g/mol. The van der Waals surface area contributed by atoms with Crippen molar-refractivity contribution in [2.45, 2.75) is 37.8 Å². The van der Waals surface area contributed by atoms with Gasteiger partial charge in [-0.15, -0.1) is 0 Å². The second-order valence-electron chi connectivity index (χ2n) is 6.63. The molecule has 8 nitrogen and oxygen atoms in total. The largest absolute Gasteiger partial charge is 0.345 e. The number of rotatable bonds is 5. The van der Waals surface area contributed by atoms with Crippen LogP contribution in [-0.4, -0.2) is 29.1 Å². The number of aromatic nitrogens is 3. The second kappa shape index (κ2) is 7.09. The Kier molecular flexibility index (Phi) is 4.99. The van der Waals surface area contributed by atoms with E-state index >= 15 is 0 Å². The fourth-order valence-corrected chi connectivity index (χ4v) is 3.27. The number of nitrogens with one attached hydrogen (secondary N) is 1. The molecule has 9 heteroatoms. The van der Waals surface area contributed by atoms with Crippen LogP contribution < -0.4 is 10.5 Å². The maximum atomic E-state index is 12.5. The maximum Gasteiger partial charge on any atom is 0.253 e. The van der Waals surface area contributed by atoms with Gasteiger partial charge in [-0.3, -0.25) is 4.79 Å². The number of amides is 1. The van der Waals surface area contributed by atoms with Crippen LogP contribution in [0, 0.1) is 0 Å². The third-order valence-electron chi connectivity index (χ3n) is 4.24. The van der Waals surface area contributed by atoms with Crippen LogP contribution in [0.15, 0.2) is 47.6 Å². The van der Waals surface area contributed by atoms with E-state index in [1.165, 1.54) is 18.3 Å². The molecule has 3 N–H and O–H groups in total. The number of nitrogens with two attached hydrogens (primary N) is 1. The summed E-state index contributed by atoms with van der Waals surface area (Å²) in [5.41, 5.74) is 1.92. The molecule has 0 aliphatic carbocycles. The Balaban J connectivity index is 1.77. The molecule has 0 saturated carbocycles. The van der Waals surface area contributed by atoms with Crippen molar-refractivity contribution in [1.82, 2.24) is 20.1 Å². The zero-order valence-corrected chi connectivity index (χ0v) is 16.1. The Labute approximate surface area is 157 Å². The van der Waals surface area contributed by atoms with E-state index in [-0.39, 0.29) is 22.9 Å². The highest BCUT2D eigenvalue weighted by atomic mass is 32.2. The molecule has 0 bridgehead atoms. The first kappa shape index (κ1) is 19.0. The highest BCUT2D eigenvalue weighted by Crippen LogP contribution is 2.19. The topological polar surface area (TPSA) is 120 Å². The molecule has 0 aliphatic rings.